The molecular formula is C6H11N3OS. The van der Waals surface area contributed by atoms with Crippen molar-refractivity contribution in [2.45, 2.75) is 29.9 Å². The molecular weight excluding hydrogens is 162 g/mol. The molecule has 1 heterocycles. The molecule has 0 aromatic heterocycles. The smallest absolute Gasteiger partial charge is 0.0716 e. The van der Waals surface area contributed by atoms with Crippen molar-refractivity contribution < 1.29 is 5.11 Å². The quantitative estimate of drug-likeness (QED) is 0.391. The van der Waals surface area contributed by atoms with Gasteiger partial charge in [0.25, 0.3) is 0 Å². The highest BCUT2D eigenvalue weighted by Crippen LogP contribution is 2.47. The normalized spacial score (nSPS) is 42.5. The Kier molecular flexibility index (Phi) is 2.32. The lowest BCUT2D eigenvalue weighted by molar-refractivity contribution is 0.239. The van der Waals surface area contributed by atoms with Gasteiger partial charge in [0.15, 0.2) is 0 Å². The van der Waals surface area contributed by atoms with Gasteiger partial charge in [-0.15, -0.1) is 0 Å². The lowest BCUT2D eigenvalue weighted by Crippen LogP contribution is -2.55. The third-order valence-corrected chi connectivity index (χ3v) is 4.11. The largest absolute Gasteiger partial charge is 0.395 e. The second-order valence-corrected chi connectivity index (χ2v) is 4.41. The van der Waals surface area contributed by atoms with Crippen molar-refractivity contribution in [3.8, 4) is 0 Å². The Labute approximate surface area is 69.6 Å². The zero-order valence-electron chi connectivity index (χ0n) is 6.56. The summed E-state index contributed by atoms with van der Waals surface area (Å²) in [4.78, 5) is 2.78. The van der Waals surface area contributed by atoms with E-state index in [0.717, 1.165) is 0 Å². The minimum Gasteiger partial charge on any atom is -0.395 e. The van der Waals surface area contributed by atoms with E-state index in [9.17, 15) is 0 Å². The molecule has 1 rings (SSSR count). The molecule has 5 heteroatoms. The van der Waals surface area contributed by atoms with Gasteiger partial charge in [-0.1, -0.05) is 19.0 Å². The van der Waals surface area contributed by atoms with E-state index in [2.05, 4.69) is 10.0 Å². The number of thioether (sulfide) groups is 1. The number of aliphatic hydroxyl groups is 1. The summed E-state index contributed by atoms with van der Waals surface area (Å²) in [6, 6.07) is 0. The monoisotopic (exact) mass is 173 g/mol. The predicted molar refractivity (Wildman–Crippen MR) is 45.5 cm³/mol. The molecule has 1 aliphatic rings. The molecule has 0 radical (unpaired) electrons. The van der Waals surface area contributed by atoms with E-state index >= 15 is 0 Å². The highest BCUT2D eigenvalue weighted by molar-refractivity contribution is 8.02. The van der Waals surface area contributed by atoms with Gasteiger partial charge in [0.2, 0.25) is 0 Å². The zero-order valence-corrected chi connectivity index (χ0v) is 7.38. The fraction of sp³-hybridized carbons (Fsp3) is 1.00. The third kappa shape index (κ3) is 1.20. The summed E-state index contributed by atoms with van der Waals surface area (Å²) in [5, 5.41) is 12.9. The first-order valence-corrected chi connectivity index (χ1v) is 4.42. The van der Waals surface area contributed by atoms with E-state index in [4.69, 9.17) is 10.6 Å². The van der Waals surface area contributed by atoms with E-state index in [-0.39, 0.29) is 17.4 Å². The van der Waals surface area contributed by atoms with Crippen LogP contribution in [0.2, 0.25) is 0 Å². The summed E-state index contributed by atoms with van der Waals surface area (Å²) in [5.74, 6) is 0. The number of hydrogen-bond acceptors (Lipinski definition) is 3. The van der Waals surface area contributed by atoms with E-state index in [1.807, 2.05) is 13.8 Å². The van der Waals surface area contributed by atoms with Crippen molar-refractivity contribution in [1.29, 1.82) is 0 Å². The Hall–Kier alpha value is -0.380. The molecule has 1 aliphatic heterocycles. The maximum atomic E-state index is 8.86. The van der Waals surface area contributed by atoms with Gasteiger partial charge >= 0.3 is 0 Å². The topological polar surface area (TPSA) is 69.0 Å². The Morgan fingerprint density at radius 3 is 2.82 bits per heavy atom. The first-order chi connectivity index (χ1) is 5.15. The highest BCUT2D eigenvalue weighted by Gasteiger charge is 2.49. The lowest BCUT2D eigenvalue weighted by Gasteiger charge is -2.48. The molecule has 11 heavy (non-hydrogen) atoms. The minimum atomic E-state index is -0.381. The fourth-order valence-electron chi connectivity index (χ4n) is 1.18. The second kappa shape index (κ2) is 2.93. The number of nitrogens with zero attached hydrogens (tertiary/aromatic N) is 3. The molecule has 0 spiro atoms. The molecule has 3 unspecified atom stereocenters. The first kappa shape index (κ1) is 8.71. The van der Waals surface area contributed by atoms with Crippen molar-refractivity contribution in [3.05, 3.63) is 10.4 Å². The predicted octanol–water partition coefficient (Wildman–Crippen LogP) is 1.55. The van der Waals surface area contributed by atoms with Crippen LogP contribution in [-0.2, 0) is 0 Å². The molecule has 1 N–H and O–H groups in total. The molecule has 62 valence electrons. The molecule has 0 aromatic rings. The average Bonchev–Trinajstić information content (AvgIpc) is 2.00. The van der Waals surface area contributed by atoms with Crippen molar-refractivity contribution in [1.82, 2.24) is 0 Å². The Morgan fingerprint density at radius 2 is 2.45 bits per heavy atom. The van der Waals surface area contributed by atoms with Crippen molar-refractivity contribution in [2.75, 3.05) is 6.61 Å². The van der Waals surface area contributed by atoms with Gasteiger partial charge in [0, 0.05) is 15.4 Å². The maximum absolute atomic E-state index is 8.86. The number of azide groups is 1. The van der Waals surface area contributed by atoms with Gasteiger partial charge in [0.1, 0.15) is 0 Å². The van der Waals surface area contributed by atoms with Gasteiger partial charge in [-0.05, 0) is 5.53 Å². The van der Waals surface area contributed by atoms with Crippen molar-refractivity contribution >= 4 is 11.8 Å². The van der Waals surface area contributed by atoms with Gasteiger partial charge in [-0.3, -0.25) is 0 Å². The van der Waals surface area contributed by atoms with Crippen LogP contribution in [0.1, 0.15) is 13.8 Å². The number of rotatable bonds is 2. The summed E-state index contributed by atoms with van der Waals surface area (Å²) in [5.41, 5.74) is 7.88. The standard InChI is InChI=1S/C6H11N3OS/c1-4-6(2,8-9-7)5(3-10)11-4/h4-5,10H,3H2,1-2H3. The Morgan fingerprint density at radius 1 is 1.82 bits per heavy atom. The van der Waals surface area contributed by atoms with Crippen LogP contribution >= 0.6 is 11.8 Å². The Balaban J connectivity index is 2.73. The number of aliphatic hydroxyl groups excluding tert-OH is 1. The van der Waals surface area contributed by atoms with Crippen LogP contribution in [0.15, 0.2) is 5.11 Å². The Bertz CT molecular complexity index is 204. The number of hydrogen-bond donors (Lipinski definition) is 1. The van der Waals surface area contributed by atoms with Crippen LogP contribution in [0.5, 0.6) is 0 Å². The van der Waals surface area contributed by atoms with Gasteiger partial charge in [0.05, 0.1) is 12.1 Å². The molecule has 3 atom stereocenters. The van der Waals surface area contributed by atoms with Gasteiger partial charge < -0.3 is 5.11 Å². The van der Waals surface area contributed by atoms with E-state index in [1.54, 1.807) is 11.8 Å². The molecule has 0 bridgehead atoms. The van der Waals surface area contributed by atoms with Crippen LogP contribution in [0, 0.1) is 0 Å². The second-order valence-electron chi connectivity index (χ2n) is 2.86. The molecule has 0 saturated carbocycles. The lowest BCUT2D eigenvalue weighted by atomic mass is 9.93. The summed E-state index contributed by atoms with van der Waals surface area (Å²) >= 11 is 1.66. The molecule has 0 aromatic carbocycles. The maximum Gasteiger partial charge on any atom is 0.0716 e. The molecule has 0 amide bonds. The van der Waals surface area contributed by atoms with Crippen LogP contribution in [0.4, 0.5) is 0 Å². The minimum absolute atomic E-state index is 0.0772. The van der Waals surface area contributed by atoms with Crippen LogP contribution < -0.4 is 0 Å². The van der Waals surface area contributed by atoms with Gasteiger partial charge in [-0.2, -0.15) is 11.8 Å². The average molecular weight is 173 g/mol. The zero-order chi connectivity index (χ0) is 8.48. The first-order valence-electron chi connectivity index (χ1n) is 3.47. The van der Waals surface area contributed by atoms with E-state index in [0.29, 0.717) is 5.25 Å². The van der Waals surface area contributed by atoms with Crippen LogP contribution in [-0.4, -0.2) is 27.8 Å². The SMILES string of the molecule is CC1SC(CO)C1(C)N=[N+]=[N-]. The van der Waals surface area contributed by atoms with Crippen molar-refractivity contribution in [3.63, 3.8) is 0 Å². The third-order valence-electron chi connectivity index (χ3n) is 2.27. The van der Waals surface area contributed by atoms with E-state index < -0.39 is 0 Å². The van der Waals surface area contributed by atoms with E-state index in [1.165, 1.54) is 0 Å². The highest BCUT2D eigenvalue weighted by atomic mass is 32.2. The molecule has 1 saturated heterocycles. The fourth-order valence-corrected chi connectivity index (χ4v) is 2.55. The molecule has 4 nitrogen and oxygen atoms in total. The summed E-state index contributed by atoms with van der Waals surface area (Å²) < 4.78 is 0. The van der Waals surface area contributed by atoms with Crippen LogP contribution in [0.25, 0.3) is 10.4 Å². The van der Waals surface area contributed by atoms with Gasteiger partial charge in [-0.25, -0.2) is 0 Å². The van der Waals surface area contributed by atoms with Crippen LogP contribution in [0.3, 0.4) is 0 Å². The summed E-state index contributed by atoms with van der Waals surface area (Å²) in [7, 11) is 0. The summed E-state index contributed by atoms with van der Waals surface area (Å²) in [6.45, 7) is 3.98. The molecule has 1 fully saturated rings. The van der Waals surface area contributed by atoms with Crippen molar-refractivity contribution in [2.24, 2.45) is 5.11 Å². The molecule has 0 aliphatic carbocycles. The summed E-state index contributed by atoms with van der Waals surface area (Å²) in [6.07, 6.45) is 0.